The van der Waals surface area contributed by atoms with Gasteiger partial charge in [-0.1, -0.05) is 32.4 Å². The number of hydrogen-bond acceptors (Lipinski definition) is 1. The van der Waals surface area contributed by atoms with Crippen LogP contribution in [0.25, 0.3) is 0 Å². The van der Waals surface area contributed by atoms with Gasteiger partial charge < -0.3 is 14.1 Å². The summed E-state index contributed by atoms with van der Waals surface area (Å²) in [5, 5.41) is 3.17. The van der Waals surface area contributed by atoms with Gasteiger partial charge in [-0.05, 0) is 33.2 Å². The molecule has 124 valence electrons. The molecule has 0 fully saturated rings. The van der Waals surface area contributed by atoms with Gasteiger partial charge in [0.15, 0.2) is 0 Å². The molecule has 1 aromatic rings. The number of rotatable bonds is 3. The fourth-order valence-electron chi connectivity index (χ4n) is 1.14. The molecular formula is C18H29F2NU. The molecule has 0 aliphatic heterocycles. The third kappa shape index (κ3) is 22.1. The molecule has 0 heterocycles. The molecule has 1 aromatic carbocycles. The zero-order chi connectivity index (χ0) is 16.8. The van der Waals surface area contributed by atoms with Gasteiger partial charge in [0.05, 0.1) is 0 Å². The van der Waals surface area contributed by atoms with E-state index >= 15 is 0 Å². The smallest absolute Gasteiger partial charge is 0.422 e. The molecule has 0 bridgehead atoms. The summed E-state index contributed by atoms with van der Waals surface area (Å²) in [6, 6.07) is 11.3. The minimum absolute atomic E-state index is 0. The fourth-order valence-corrected chi connectivity index (χ4v) is 1.14. The molecule has 0 amide bonds. The quantitative estimate of drug-likeness (QED) is 0.403. The average Bonchev–Trinajstić information content (AvgIpc) is 2.39. The van der Waals surface area contributed by atoms with Crippen molar-refractivity contribution < 1.29 is 39.9 Å². The molecule has 22 heavy (non-hydrogen) atoms. The summed E-state index contributed by atoms with van der Waals surface area (Å²) < 4.78 is 20.5. The summed E-state index contributed by atoms with van der Waals surface area (Å²) in [6.45, 7) is 11.6. The van der Waals surface area contributed by atoms with E-state index in [0.29, 0.717) is 12.0 Å². The molecule has 1 unspecified atom stereocenters. The minimum Gasteiger partial charge on any atom is -0.422 e. The van der Waals surface area contributed by atoms with Crippen LogP contribution in [0.5, 0.6) is 0 Å². The topological polar surface area (TPSA) is 12.0 Å². The minimum atomic E-state index is -1.58. The summed E-state index contributed by atoms with van der Waals surface area (Å²) in [5.74, 6) is 0.677. The van der Waals surface area contributed by atoms with Crippen LogP contribution >= 0.6 is 0 Å². The van der Waals surface area contributed by atoms with Gasteiger partial charge in [-0.2, -0.15) is 35.9 Å². The molecule has 0 aromatic heterocycles. The van der Waals surface area contributed by atoms with E-state index < -0.39 is 6.43 Å². The van der Waals surface area contributed by atoms with E-state index in [-0.39, 0.29) is 31.1 Å². The molecule has 0 aliphatic rings. The second kappa shape index (κ2) is 17.2. The van der Waals surface area contributed by atoms with Crippen LogP contribution in [0.2, 0.25) is 0 Å². The van der Waals surface area contributed by atoms with Crippen molar-refractivity contribution in [3.8, 4) is 0 Å². The van der Waals surface area contributed by atoms with Gasteiger partial charge in [0.2, 0.25) is 0 Å². The first-order chi connectivity index (χ1) is 9.70. The Kier molecular flexibility index (Phi) is 20.9. The predicted octanol–water partition coefficient (Wildman–Crippen LogP) is 5.43. The number of hydrogen-bond donors (Lipinski definition) is 1. The van der Waals surface area contributed by atoms with Crippen molar-refractivity contribution >= 4 is 0 Å². The van der Waals surface area contributed by atoms with Gasteiger partial charge in [0, 0.05) is 6.04 Å². The molecule has 4 heteroatoms. The molecule has 0 saturated heterocycles. The Morgan fingerprint density at radius 3 is 1.86 bits per heavy atom. The third-order valence-electron chi connectivity index (χ3n) is 2.76. The molecule has 0 radical (unpaired) electrons. The van der Waals surface area contributed by atoms with Gasteiger partial charge in [-0.25, -0.2) is 0 Å². The summed E-state index contributed by atoms with van der Waals surface area (Å²) in [7, 11) is 1.98. The first-order valence-electron chi connectivity index (χ1n) is 7.13. The first-order valence-corrected chi connectivity index (χ1v) is 7.13. The number of allylic oxidation sites excluding steroid dienone is 1. The predicted molar refractivity (Wildman–Crippen MR) is 88.3 cm³/mol. The van der Waals surface area contributed by atoms with Crippen LogP contribution in [0.3, 0.4) is 0 Å². The van der Waals surface area contributed by atoms with Crippen molar-refractivity contribution in [1.29, 1.82) is 0 Å². The Bertz CT molecular complexity index is 362. The fraction of sp³-hybridized carbons (Fsp3) is 0.500. The molecule has 1 N–H and O–H groups in total. The van der Waals surface area contributed by atoms with Crippen LogP contribution in [0.1, 0.15) is 40.2 Å². The number of halogens is 2. The van der Waals surface area contributed by atoms with Crippen molar-refractivity contribution in [2.75, 3.05) is 7.05 Å². The molecule has 1 nitrogen and oxygen atoms in total. The van der Waals surface area contributed by atoms with E-state index in [9.17, 15) is 8.78 Å². The number of likely N-dealkylation sites (N-methyl/N-ethyl adjacent to an activating group) is 1. The van der Waals surface area contributed by atoms with Crippen molar-refractivity contribution in [3.63, 3.8) is 0 Å². The summed E-state index contributed by atoms with van der Waals surface area (Å²) in [5.41, 5.74) is 2.75. The summed E-state index contributed by atoms with van der Waals surface area (Å²) >= 11 is 0. The normalized spacial score (nSPS) is 11.7. The maximum absolute atomic E-state index is 10.2. The summed E-state index contributed by atoms with van der Waals surface area (Å²) in [6.07, 6.45) is 0.685. The zero-order valence-electron chi connectivity index (χ0n) is 14.8. The van der Waals surface area contributed by atoms with Crippen LogP contribution in [-0.2, 0) is 0 Å². The molecule has 0 spiro atoms. The van der Waals surface area contributed by atoms with Crippen molar-refractivity contribution in [2.24, 2.45) is 5.92 Å². The van der Waals surface area contributed by atoms with E-state index in [4.69, 9.17) is 0 Å². The standard InChI is InChI=1S/C9H19N.C7H7.C2H3F2.U/c1-7(2)8(3)6-9(4)10-5;1-7-5-3-2-4-6-7;1-2(3)4;/h6-7,9-10H,1-5H3;3-6H,1H3;1H3;/q;2*-1;+2/b8-6-;;;. The van der Waals surface area contributed by atoms with Gasteiger partial charge in [-0.3, -0.25) is 0 Å². The van der Waals surface area contributed by atoms with Gasteiger partial charge in [0.25, 0.3) is 0 Å². The monoisotopic (exact) mass is 535 g/mol. The number of benzene rings is 1. The molecule has 1 rings (SSSR count). The number of aryl methyl sites for hydroxylation is 1. The Morgan fingerprint density at radius 1 is 1.23 bits per heavy atom. The van der Waals surface area contributed by atoms with Crippen molar-refractivity contribution in [1.82, 2.24) is 5.32 Å². The molecule has 0 aliphatic carbocycles. The van der Waals surface area contributed by atoms with Crippen LogP contribution in [0, 0.1) is 56.4 Å². The Labute approximate surface area is 159 Å². The van der Waals surface area contributed by atoms with E-state index in [1.54, 1.807) is 0 Å². The van der Waals surface area contributed by atoms with Crippen LogP contribution in [0.15, 0.2) is 35.9 Å². The van der Waals surface area contributed by atoms with E-state index in [2.05, 4.69) is 52.1 Å². The van der Waals surface area contributed by atoms with Gasteiger partial charge in [-0.15, -0.1) is 6.92 Å². The van der Waals surface area contributed by atoms with E-state index in [1.807, 2.05) is 31.3 Å². The maximum Gasteiger partial charge on any atom is 2.00 e. The van der Waals surface area contributed by atoms with Gasteiger partial charge >= 0.3 is 31.1 Å². The SMILES string of the molecule is CNC(C)/C=C(/C)C(C)C.C[C-](F)F.Cc1cc[c-]cc1.[U+2]. The van der Waals surface area contributed by atoms with E-state index in [0.717, 1.165) is 6.92 Å². The Morgan fingerprint density at radius 2 is 1.64 bits per heavy atom. The Hall–Kier alpha value is -0.168. The third-order valence-corrected chi connectivity index (χ3v) is 2.76. The van der Waals surface area contributed by atoms with Crippen molar-refractivity contribution in [2.45, 2.75) is 47.6 Å². The van der Waals surface area contributed by atoms with Crippen LogP contribution in [0.4, 0.5) is 8.78 Å². The summed E-state index contributed by atoms with van der Waals surface area (Å²) in [4.78, 5) is 0. The average molecular weight is 535 g/mol. The largest absolute Gasteiger partial charge is 2.00 e. The molecular weight excluding hydrogens is 506 g/mol. The van der Waals surface area contributed by atoms with E-state index in [1.165, 1.54) is 11.1 Å². The first kappa shape index (κ1) is 26.7. The molecule has 0 saturated carbocycles. The van der Waals surface area contributed by atoms with Crippen LogP contribution in [-0.4, -0.2) is 13.1 Å². The molecule has 1 atom stereocenters. The number of nitrogens with one attached hydrogen (secondary N) is 1. The van der Waals surface area contributed by atoms with Crippen LogP contribution < -0.4 is 5.32 Å². The zero-order valence-corrected chi connectivity index (χ0v) is 19.0. The Balaban J connectivity index is -0.000000263. The maximum atomic E-state index is 10.2. The van der Waals surface area contributed by atoms with Gasteiger partial charge in [0.1, 0.15) is 0 Å². The second-order valence-electron chi connectivity index (χ2n) is 5.17. The van der Waals surface area contributed by atoms with Crippen molar-refractivity contribution in [3.05, 3.63) is 54.0 Å². The second-order valence-corrected chi connectivity index (χ2v) is 5.17.